The number of nitrogens with two attached hydrogens (primary N) is 1. The third-order valence-electron chi connectivity index (χ3n) is 2.09. The maximum Gasteiger partial charge on any atom is 0.139 e. The molecule has 0 aliphatic carbocycles. The van der Waals surface area contributed by atoms with Crippen LogP contribution in [0.4, 0.5) is 0 Å². The second kappa shape index (κ2) is 3.25. The fraction of sp³-hybridized carbons (Fsp3) is 0.400. The van der Waals surface area contributed by atoms with E-state index in [2.05, 4.69) is 0 Å². The predicted octanol–water partition coefficient (Wildman–Crippen LogP) is 1.51. The van der Waals surface area contributed by atoms with Gasteiger partial charge in [0, 0.05) is 0 Å². The van der Waals surface area contributed by atoms with Gasteiger partial charge in [-0.25, -0.2) is 0 Å². The Morgan fingerprint density at radius 3 is 2.25 bits per heavy atom. The SMILES string of the molecule is CCC(N)(O)c1ccc(C)cc1. The van der Waals surface area contributed by atoms with Gasteiger partial charge in [0.25, 0.3) is 0 Å². The number of benzene rings is 1. The summed E-state index contributed by atoms with van der Waals surface area (Å²) in [7, 11) is 0. The average molecular weight is 165 g/mol. The maximum atomic E-state index is 9.66. The van der Waals surface area contributed by atoms with Crippen molar-refractivity contribution >= 4 is 0 Å². The van der Waals surface area contributed by atoms with Crippen LogP contribution in [0.5, 0.6) is 0 Å². The summed E-state index contributed by atoms with van der Waals surface area (Å²) in [6.45, 7) is 3.87. The van der Waals surface area contributed by atoms with E-state index < -0.39 is 5.72 Å². The summed E-state index contributed by atoms with van der Waals surface area (Å²) in [6.07, 6.45) is 0.524. The number of hydrogen-bond acceptors (Lipinski definition) is 2. The molecule has 0 spiro atoms. The lowest BCUT2D eigenvalue weighted by Gasteiger charge is -2.21. The quantitative estimate of drug-likeness (QED) is 0.652. The Balaban J connectivity index is 2.96. The molecule has 0 saturated carbocycles. The monoisotopic (exact) mass is 165 g/mol. The van der Waals surface area contributed by atoms with E-state index in [1.807, 2.05) is 38.1 Å². The molecule has 0 fully saturated rings. The number of rotatable bonds is 2. The normalized spacial score (nSPS) is 15.7. The molecule has 1 aromatic rings. The van der Waals surface area contributed by atoms with Gasteiger partial charge in [0.05, 0.1) is 0 Å². The van der Waals surface area contributed by atoms with Crippen LogP contribution in [0.3, 0.4) is 0 Å². The van der Waals surface area contributed by atoms with E-state index in [-0.39, 0.29) is 0 Å². The molecule has 66 valence electrons. The molecule has 0 radical (unpaired) electrons. The summed E-state index contributed by atoms with van der Waals surface area (Å²) in [4.78, 5) is 0. The Labute approximate surface area is 73.0 Å². The molecule has 0 bridgehead atoms. The van der Waals surface area contributed by atoms with Gasteiger partial charge in [-0.3, -0.25) is 5.73 Å². The van der Waals surface area contributed by atoms with E-state index in [4.69, 9.17) is 5.73 Å². The molecular formula is C10H15NO. The summed E-state index contributed by atoms with van der Waals surface area (Å²) >= 11 is 0. The maximum absolute atomic E-state index is 9.66. The molecule has 0 amide bonds. The van der Waals surface area contributed by atoms with E-state index in [9.17, 15) is 5.11 Å². The molecular weight excluding hydrogens is 150 g/mol. The number of hydrogen-bond donors (Lipinski definition) is 2. The molecule has 12 heavy (non-hydrogen) atoms. The van der Waals surface area contributed by atoms with E-state index in [1.54, 1.807) is 0 Å². The van der Waals surface area contributed by atoms with Crippen LogP contribution in [-0.2, 0) is 5.72 Å². The highest BCUT2D eigenvalue weighted by atomic mass is 16.3. The van der Waals surface area contributed by atoms with Gasteiger partial charge in [-0.15, -0.1) is 0 Å². The van der Waals surface area contributed by atoms with Gasteiger partial charge in [0.15, 0.2) is 0 Å². The second-order valence-electron chi connectivity index (χ2n) is 3.14. The molecule has 1 unspecified atom stereocenters. The minimum Gasteiger partial charge on any atom is -0.372 e. The van der Waals surface area contributed by atoms with Crippen LogP contribution >= 0.6 is 0 Å². The van der Waals surface area contributed by atoms with Gasteiger partial charge >= 0.3 is 0 Å². The Kier molecular flexibility index (Phi) is 2.50. The van der Waals surface area contributed by atoms with Crippen molar-refractivity contribution in [1.29, 1.82) is 0 Å². The molecule has 0 heterocycles. The van der Waals surface area contributed by atoms with Crippen LogP contribution in [-0.4, -0.2) is 5.11 Å². The lowest BCUT2D eigenvalue weighted by Crippen LogP contribution is -2.35. The number of aryl methyl sites for hydroxylation is 1. The van der Waals surface area contributed by atoms with Crippen molar-refractivity contribution in [2.75, 3.05) is 0 Å². The first-order valence-electron chi connectivity index (χ1n) is 4.14. The van der Waals surface area contributed by atoms with Crippen molar-refractivity contribution in [3.05, 3.63) is 35.4 Å². The van der Waals surface area contributed by atoms with Crippen molar-refractivity contribution in [1.82, 2.24) is 0 Å². The lowest BCUT2D eigenvalue weighted by atomic mass is 10.0. The van der Waals surface area contributed by atoms with Crippen LogP contribution in [0.1, 0.15) is 24.5 Å². The van der Waals surface area contributed by atoms with Crippen molar-refractivity contribution in [2.45, 2.75) is 26.0 Å². The molecule has 2 nitrogen and oxygen atoms in total. The van der Waals surface area contributed by atoms with Crippen LogP contribution < -0.4 is 5.73 Å². The van der Waals surface area contributed by atoms with Gasteiger partial charge in [0.2, 0.25) is 0 Å². The molecule has 2 heteroatoms. The topological polar surface area (TPSA) is 46.2 Å². The van der Waals surface area contributed by atoms with Gasteiger partial charge in [-0.2, -0.15) is 0 Å². The summed E-state index contributed by atoms with van der Waals surface area (Å²) < 4.78 is 0. The van der Waals surface area contributed by atoms with Crippen molar-refractivity contribution in [3.63, 3.8) is 0 Å². The standard InChI is InChI=1S/C10H15NO/c1-3-10(11,12)9-6-4-8(2)5-7-9/h4-7,12H,3,11H2,1-2H3. The first kappa shape index (κ1) is 9.23. The molecule has 1 rings (SSSR count). The first-order chi connectivity index (χ1) is 5.56. The predicted molar refractivity (Wildman–Crippen MR) is 49.6 cm³/mol. The summed E-state index contributed by atoms with van der Waals surface area (Å²) in [5, 5.41) is 9.66. The zero-order valence-corrected chi connectivity index (χ0v) is 7.54. The summed E-state index contributed by atoms with van der Waals surface area (Å²) in [5.74, 6) is 0. The molecule has 1 aromatic carbocycles. The van der Waals surface area contributed by atoms with E-state index >= 15 is 0 Å². The Morgan fingerprint density at radius 1 is 1.33 bits per heavy atom. The fourth-order valence-electron chi connectivity index (χ4n) is 1.05. The minimum absolute atomic E-state index is 0.524. The van der Waals surface area contributed by atoms with Gasteiger partial charge in [-0.05, 0) is 18.9 Å². The molecule has 3 N–H and O–H groups in total. The highest BCUT2D eigenvalue weighted by Crippen LogP contribution is 2.18. The third kappa shape index (κ3) is 1.84. The van der Waals surface area contributed by atoms with Gasteiger partial charge < -0.3 is 5.11 Å². The smallest absolute Gasteiger partial charge is 0.139 e. The highest BCUT2D eigenvalue weighted by molar-refractivity contribution is 5.25. The van der Waals surface area contributed by atoms with Crippen LogP contribution in [0.15, 0.2) is 24.3 Å². The van der Waals surface area contributed by atoms with Crippen molar-refractivity contribution in [3.8, 4) is 0 Å². The molecule has 0 saturated heterocycles. The van der Waals surface area contributed by atoms with Crippen LogP contribution in [0.25, 0.3) is 0 Å². The summed E-state index contributed by atoms with van der Waals surface area (Å²) in [6, 6.07) is 7.61. The minimum atomic E-state index is -1.17. The van der Waals surface area contributed by atoms with Crippen molar-refractivity contribution in [2.24, 2.45) is 5.73 Å². The third-order valence-corrected chi connectivity index (χ3v) is 2.09. The van der Waals surface area contributed by atoms with E-state index in [0.29, 0.717) is 6.42 Å². The van der Waals surface area contributed by atoms with Crippen LogP contribution in [0, 0.1) is 6.92 Å². The van der Waals surface area contributed by atoms with Gasteiger partial charge in [-0.1, -0.05) is 36.8 Å². The van der Waals surface area contributed by atoms with E-state index in [0.717, 1.165) is 5.56 Å². The second-order valence-corrected chi connectivity index (χ2v) is 3.14. The highest BCUT2D eigenvalue weighted by Gasteiger charge is 2.19. The number of aliphatic hydroxyl groups is 1. The Bertz CT molecular complexity index is 251. The van der Waals surface area contributed by atoms with Crippen LogP contribution in [0.2, 0.25) is 0 Å². The van der Waals surface area contributed by atoms with Gasteiger partial charge in [0.1, 0.15) is 5.72 Å². The Morgan fingerprint density at radius 2 is 1.83 bits per heavy atom. The first-order valence-corrected chi connectivity index (χ1v) is 4.14. The van der Waals surface area contributed by atoms with E-state index in [1.165, 1.54) is 5.56 Å². The zero-order chi connectivity index (χ0) is 9.19. The molecule has 0 aliphatic heterocycles. The Hall–Kier alpha value is -0.860. The lowest BCUT2D eigenvalue weighted by molar-refractivity contribution is 0.0394. The molecule has 1 atom stereocenters. The molecule has 0 aliphatic rings. The zero-order valence-electron chi connectivity index (χ0n) is 7.54. The average Bonchev–Trinajstić information content (AvgIpc) is 2.05. The molecule has 0 aromatic heterocycles. The summed E-state index contributed by atoms with van der Waals surface area (Å²) in [5.41, 5.74) is 6.42. The largest absolute Gasteiger partial charge is 0.372 e. The van der Waals surface area contributed by atoms with Crippen molar-refractivity contribution < 1.29 is 5.11 Å². The fourth-order valence-corrected chi connectivity index (χ4v) is 1.05.